The van der Waals surface area contributed by atoms with E-state index >= 15 is 0 Å². The Bertz CT molecular complexity index is 1200. The average Bonchev–Trinajstić information content (AvgIpc) is 3.01. The van der Waals surface area contributed by atoms with Gasteiger partial charge in [-0.15, -0.1) is 0 Å². The van der Waals surface area contributed by atoms with E-state index in [1.54, 1.807) is 24.3 Å². The molecule has 0 bridgehead atoms. The third kappa shape index (κ3) is 4.40. The number of aryl methyl sites for hydroxylation is 1. The number of amides is 2. The maximum absolute atomic E-state index is 12.5. The first kappa shape index (κ1) is 20.9. The number of hydrogen-bond acceptors (Lipinski definition) is 5. The smallest absolute Gasteiger partial charge is 0.268 e. The largest absolute Gasteiger partial charge is 0.280 e. The van der Waals surface area contributed by atoms with Crippen molar-refractivity contribution >= 4 is 21.8 Å². The molecule has 0 saturated heterocycles. The summed E-state index contributed by atoms with van der Waals surface area (Å²) >= 11 is 0. The van der Waals surface area contributed by atoms with Gasteiger partial charge in [-0.3, -0.25) is 19.5 Å². The van der Waals surface area contributed by atoms with Gasteiger partial charge in [-0.25, -0.2) is 13.1 Å². The molecule has 4 rings (SSSR count). The van der Waals surface area contributed by atoms with Crippen molar-refractivity contribution in [1.82, 2.24) is 14.6 Å². The molecule has 0 atom stereocenters. The van der Waals surface area contributed by atoms with Crippen LogP contribution in [0.1, 0.15) is 37.5 Å². The predicted octanol–water partition coefficient (Wildman–Crippen LogP) is 2.71. The Balaban J connectivity index is 1.39. The second-order valence-electron chi connectivity index (χ2n) is 7.37. The van der Waals surface area contributed by atoms with E-state index in [-0.39, 0.29) is 29.2 Å². The number of sulfonamides is 1. The Morgan fingerprint density at radius 1 is 0.903 bits per heavy atom. The van der Waals surface area contributed by atoms with Gasteiger partial charge in [-0.1, -0.05) is 42.0 Å². The fraction of sp³-hybridized carbons (Fsp3) is 0.174. The van der Waals surface area contributed by atoms with Crippen LogP contribution in [-0.2, 0) is 23.0 Å². The zero-order valence-corrected chi connectivity index (χ0v) is 17.7. The van der Waals surface area contributed by atoms with Crippen LogP contribution < -0.4 is 4.72 Å². The molecule has 31 heavy (non-hydrogen) atoms. The first-order valence-corrected chi connectivity index (χ1v) is 11.3. The Labute approximate surface area is 180 Å². The second-order valence-corrected chi connectivity index (χ2v) is 9.14. The van der Waals surface area contributed by atoms with Crippen LogP contribution in [0.3, 0.4) is 0 Å². The molecule has 0 fully saturated rings. The van der Waals surface area contributed by atoms with E-state index in [0.717, 1.165) is 16.0 Å². The van der Waals surface area contributed by atoms with Crippen LogP contribution in [0.25, 0.3) is 0 Å². The van der Waals surface area contributed by atoms with E-state index in [1.807, 2.05) is 31.2 Å². The van der Waals surface area contributed by atoms with E-state index < -0.39 is 21.8 Å². The predicted molar refractivity (Wildman–Crippen MR) is 115 cm³/mol. The quantitative estimate of drug-likeness (QED) is 0.576. The van der Waals surface area contributed by atoms with E-state index in [4.69, 9.17) is 0 Å². The molecule has 2 aromatic carbocycles. The highest BCUT2D eigenvalue weighted by Gasteiger charge is 2.36. The molecule has 8 heteroatoms. The normalized spacial score (nSPS) is 13.5. The summed E-state index contributed by atoms with van der Waals surface area (Å²) in [5.41, 5.74) is 3.28. The van der Waals surface area contributed by atoms with Gasteiger partial charge in [0.25, 0.3) is 11.8 Å². The first-order valence-electron chi connectivity index (χ1n) is 9.80. The molecular weight excluding hydrogens is 414 g/mol. The fourth-order valence-corrected chi connectivity index (χ4v) is 4.41. The van der Waals surface area contributed by atoms with Crippen LogP contribution in [0, 0.1) is 6.92 Å². The van der Waals surface area contributed by atoms with Crippen LogP contribution in [0.5, 0.6) is 0 Å². The van der Waals surface area contributed by atoms with Gasteiger partial charge in [0.15, 0.2) is 0 Å². The lowest BCUT2D eigenvalue weighted by Gasteiger charge is -2.14. The SMILES string of the molecule is Cc1ccc(CCNS(=O)(=O)c2ccc(CN3C(=O)c4cccnc4C3=O)cc2)cc1. The monoisotopic (exact) mass is 435 g/mol. The summed E-state index contributed by atoms with van der Waals surface area (Å²) in [5, 5.41) is 0. The summed E-state index contributed by atoms with van der Waals surface area (Å²) in [7, 11) is -3.66. The summed E-state index contributed by atoms with van der Waals surface area (Å²) in [6.07, 6.45) is 2.06. The van der Waals surface area contributed by atoms with Crippen molar-refractivity contribution in [3.8, 4) is 0 Å². The summed E-state index contributed by atoms with van der Waals surface area (Å²) in [6, 6.07) is 17.3. The summed E-state index contributed by atoms with van der Waals surface area (Å²) < 4.78 is 27.7. The Morgan fingerprint density at radius 3 is 2.26 bits per heavy atom. The van der Waals surface area contributed by atoms with Crippen molar-refractivity contribution in [3.63, 3.8) is 0 Å². The van der Waals surface area contributed by atoms with Crippen LogP contribution in [0.15, 0.2) is 71.8 Å². The van der Waals surface area contributed by atoms with Gasteiger partial charge < -0.3 is 0 Å². The zero-order valence-electron chi connectivity index (χ0n) is 16.9. The lowest BCUT2D eigenvalue weighted by molar-refractivity contribution is 0.0640. The molecule has 0 saturated carbocycles. The second kappa shape index (κ2) is 8.41. The molecule has 0 spiro atoms. The van der Waals surface area contributed by atoms with E-state index in [2.05, 4.69) is 9.71 Å². The molecular formula is C23H21N3O4S. The number of carbonyl (C=O) groups excluding carboxylic acids is 2. The number of imide groups is 1. The number of aromatic nitrogens is 1. The molecule has 2 amide bonds. The van der Waals surface area contributed by atoms with Gasteiger partial charge in [0.2, 0.25) is 10.0 Å². The maximum Gasteiger partial charge on any atom is 0.280 e. The topological polar surface area (TPSA) is 96.4 Å². The van der Waals surface area contributed by atoms with E-state index in [1.165, 1.54) is 18.3 Å². The highest BCUT2D eigenvalue weighted by Crippen LogP contribution is 2.23. The lowest BCUT2D eigenvalue weighted by Crippen LogP contribution is -2.29. The van der Waals surface area contributed by atoms with E-state index in [9.17, 15) is 18.0 Å². The molecule has 1 aromatic heterocycles. The molecule has 1 N–H and O–H groups in total. The van der Waals surface area contributed by atoms with Crippen molar-refractivity contribution < 1.29 is 18.0 Å². The van der Waals surface area contributed by atoms with Gasteiger partial charge in [-0.2, -0.15) is 0 Å². The molecule has 2 heterocycles. The third-order valence-electron chi connectivity index (χ3n) is 5.13. The summed E-state index contributed by atoms with van der Waals surface area (Å²) in [4.78, 5) is 30.1. The van der Waals surface area contributed by atoms with Gasteiger partial charge in [0.05, 0.1) is 17.0 Å². The van der Waals surface area contributed by atoms with Crippen molar-refractivity contribution in [3.05, 3.63) is 94.8 Å². The molecule has 1 aliphatic heterocycles. The van der Waals surface area contributed by atoms with Crippen molar-refractivity contribution in [2.24, 2.45) is 0 Å². The molecule has 0 unspecified atom stereocenters. The molecule has 1 aliphatic rings. The van der Waals surface area contributed by atoms with Crippen molar-refractivity contribution in [2.45, 2.75) is 24.8 Å². The number of nitrogens with zero attached hydrogens (tertiary/aromatic N) is 2. The maximum atomic E-state index is 12.5. The van der Waals surface area contributed by atoms with Gasteiger partial charge >= 0.3 is 0 Å². The molecule has 3 aromatic rings. The summed E-state index contributed by atoms with van der Waals surface area (Å²) in [5.74, 6) is -0.849. The fourth-order valence-electron chi connectivity index (χ4n) is 3.38. The number of rotatable bonds is 7. The van der Waals surface area contributed by atoms with Crippen LogP contribution in [0.4, 0.5) is 0 Å². The molecule has 7 nitrogen and oxygen atoms in total. The minimum absolute atomic E-state index is 0.0508. The van der Waals surface area contributed by atoms with E-state index in [0.29, 0.717) is 12.0 Å². The molecule has 158 valence electrons. The van der Waals surface area contributed by atoms with Crippen LogP contribution >= 0.6 is 0 Å². The standard InChI is InChI=1S/C23H21N3O4S/c1-16-4-6-17(7-5-16)12-14-25-31(29,30)19-10-8-18(9-11-19)15-26-22(27)20-3-2-13-24-21(20)23(26)28/h2-11,13,25H,12,14-15H2,1H3. The Morgan fingerprint density at radius 2 is 1.58 bits per heavy atom. The van der Waals surface area contributed by atoms with Crippen LogP contribution in [0.2, 0.25) is 0 Å². The molecule has 0 radical (unpaired) electrons. The average molecular weight is 436 g/mol. The van der Waals surface area contributed by atoms with Crippen molar-refractivity contribution in [2.75, 3.05) is 6.54 Å². The van der Waals surface area contributed by atoms with Crippen molar-refractivity contribution in [1.29, 1.82) is 0 Å². The Hall–Kier alpha value is -3.36. The lowest BCUT2D eigenvalue weighted by atomic mass is 10.1. The minimum atomic E-state index is -3.66. The summed E-state index contributed by atoms with van der Waals surface area (Å²) in [6.45, 7) is 2.34. The first-order chi connectivity index (χ1) is 14.8. The number of pyridine rings is 1. The Kier molecular flexibility index (Phi) is 5.67. The number of carbonyl (C=O) groups is 2. The minimum Gasteiger partial charge on any atom is -0.268 e. The van der Waals surface area contributed by atoms with Gasteiger partial charge in [0, 0.05) is 12.7 Å². The molecule has 0 aliphatic carbocycles. The highest BCUT2D eigenvalue weighted by atomic mass is 32.2. The zero-order chi connectivity index (χ0) is 22.0. The third-order valence-corrected chi connectivity index (χ3v) is 6.61. The highest BCUT2D eigenvalue weighted by molar-refractivity contribution is 7.89. The number of hydrogen-bond donors (Lipinski definition) is 1. The van der Waals surface area contributed by atoms with Gasteiger partial charge in [-0.05, 0) is 48.7 Å². The van der Waals surface area contributed by atoms with Crippen LogP contribution in [-0.4, -0.2) is 36.7 Å². The van der Waals surface area contributed by atoms with Gasteiger partial charge in [0.1, 0.15) is 5.69 Å². The number of nitrogens with one attached hydrogen (secondary N) is 1. The number of benzene rings is 2. The number of fused-ring (bicyclic) bond motifs is 1.